The van der Waals surface area contributed by atoms with Gasteiger partial charge in [0.15, 0.2) is 11.5 Å². The van der Waals surface area contributed by atoms with Gasteiger partial charge in [-0.25, -0.2) is 5.43 Å². The fourth-order valence-corrected chi connectivity index (χ4v) is 2.60. The maximum atomic E-state index is 12.3. The van der Waals surface area contributed by atoms with Crippen molar-refractivity contribution in [3.8, 4) is 17.2 Å². The van der Waals surface area contributed by atoms with Crippen LogP contribution in [0.15, 0.2) is 59.7 Å². The van der Waals surface area contributed by atoms with Crippen molar-refractivity contribution in [3.63, 3.8) is 0 Å². The Balaban J connectivity index is 1.77. The van der Waals surface area contributed by atoms with E-state index in [2.05, 4.69) is 10.5 Å². The summed E-state index contributed by atoms with van der Waals surface area (Å²) < 4.78 is 10.4. The van der Waals surface area contributed by atoms with Crippen molar-refractivity contribution in [2.45, 2.75) is 0 Å². The predicted octanol–water partition coefficient (Wildman–Crippen LogP) is 3.33. The molecule has 3 rings (SSSR count). The van der Waals surface area contributed by atoms with Crippen LogP contribution in [0.1, 0.15) is 15.9 Å². The van der Waals surface area contributed by atoms with Gasteiger partial charge in [-0.3, -0.25) is 4.79 Å². The maximum Gasteiger partial charge on any atom is 0.275 e. The standard InChI is InChI=1S/C20H18N2O4/c1-25-17-10-7-13(11-18(17)26-2)12-21-22-20(24)16-9-8-14-5-3-4-6-15(14)19(16)23/h3-12,23H,1-2H3,(H,22,24). The smallest absolute Gasteiger partial charge is 0.275 e. The van der Waals surface area contributed by atoms with Gasteiger partial charge < -0.3 is 14.6 Å². The number of fused-ring (bicyclic) bond motifs is 1. The number of carbonyl (C=O) groups excluding carboxylic acids is 1. The lowest BCUT2D eigenvalue weighted by molar-refractivity contribution is 0.0952. The molecule has 0 aliphatic rings. The molecule has 0 heterocycles. The molecule has 3 aromatic carbocycles. The Morgan fingerprint density at radius 2 is 1.81 bits per heavy atom. The highest BCUT2D eigenvalue weighted by molar-refractivity contribution is 6.03. The van der Waals surface area contributed by atoms with Gasteiger partial charge in [-0.15, -0.1) is 0 Å². The van der Waals surface area contributed by atoms with Gasteiger partial charge in [0.1, 0.15) is 5.75 Å². The van der Waals surface area contributed by atoms with Crippen LogP contribution >= 0.6 is 0 Å². The largest absolute Gasteiger partial charge is 0.506 e. The first-order valence-electron chi connectivity index (χ1n) is 7.90. The van der Waals surface area contributed by atoms with E-state index in [1.165, 1.54) is 6.21 Å². The summed E-state index contributed by atoms with van der Waals surface area (Å²) in [6.45, 7) is 0. The van der Waals surface area contributed by atoms with E-state index >= 15 is 0 Å². The minimum absolute atomic E-state index is 0.0677. The molecular weight excluding hydrogens is 332 g/mol. The molecule has 26 heavy (non-hydrogen) atoms. The number of nitrogens with zero attached hydrogens (tertiary/aromatic N) is 1. The van der Waals surface area contributed by atoms with Crippen LogP contribution in [0.5, 0.6) is 17.2 Å². The number of hydrogen-bond acceptors (Lipinski definition) is 5. The highest BCUT2D eigenvalue weighted by Gasteiger charge is 2.13. The number of carbonyl (C=O) groups is 1. The first-order chi connectivity index (χ1) is 12.6. The number of nitrogens with one attached hydrogen (secondary N) is 1. The van der Waals surface area contributed by atoms with Crippen molar-refractivity contribution in [3.05, 3.63) is 65.7 Å². The van der Waals surface area contributed by atoms with Crippen LogP contribution in [0.4, 0.5) is 0 Å². The van der Waals surface area contributed by atoms with Crippen LogP contribution < -0.4 is 14.9 Å². The summed E-state index contributed by atoms with van der Waals surface area (Å²) in [6.07, 6.45) is 1.48. The Labute approximate surface area is 150 Å². The first kappa shape index (κ1) is 17.3. The number of hydrazone groups is 1. The van der Waals surface area contributed by atoms with E-state index in [1.54, 1.807) is 56.7 Å². The normalized spacial score (nSPS) is 10.8. The van der Waals surface area contributed by atoms with Gasteiger partial charge in [-0.2, -0.15) is 5.10 Å². The Kier molecular flexibility index (Phi) is 5.03. The monoisotopic (exact) mass is 350 g/mol. The molecule has 3 aromatic rings. The highest BCUT2D eigenvalue weighted by atomic mass is 16.5. The minimum atomic E-state index is -0.495. The van der Waals surface area contributed by atoms with Gasteiger partial charge in [0.25, 0.3) is 5.91 Å². The third kappa shape index (κ3) is 3.44. The summed E-state index contributed by atoms with van der Waals surface area (Å²) in [5.74, 6) is 0.608. The molecule has 6 nitrogen and oxygen atoms in total. The van der Waals surface area contributed by atoms with Gasteiger partial charge in [-0.05, 0) is 35.2 Å². The van der Waals surface area contributed by atoms with Crippen molar-refractivity contribution in [1.29, 1.82) is 0 Å². The fraction of sp³-hybridized carbons (Fsp3) is 0.100. The van der Waals surface area contributed by atoms with Crippen LogP contribution in [-0.2, 0) is 0 Å². The lowest BCUT2D eigenvalue weighted by atomic mass is 10.1. The highest BCUT2D eigenvalue weighted by Crippen LogP contribution is 2.28. The number of phenolic OH excluding ortho intramolecular Hbond substituents is 1. The van der Waals surface area contributed by atoms with Crippen molar-refractivity contribution < 1.29 is 19.4 Å². The van der Waals surface area contributed by atoms with Gasteiger partial charge >= 0.3 is 0 Å². The van der Waals surface area contributed by atoms with E-state index in [0.29, 0.717) is 16.9 Å². The van der Waals surface area contributed by atoms with Gasteiger partial charge in [0.05, 0.1) is 26.0 Å². The second kappa shape index (κ2) is 7.57. The molecule has 0 fully saturated rings. The molecule has 0 atom stereocenters. The van der Waals surface area contributed by atoms with Gasteiger partial charge in [0.2, 0.25) is 0 Å². The van der Waals surface area contributed by atoms with E-state index in [9.17, 15) is 9.90 Å². The van der Waals surface area contributed by atoms with Gasteiger partial charge in [-0.1, -0.05) is 30.3 Å². The number of phenols is 1. The van der Waals surface area contributed by atoms with Crippen molar-refractivity contribution in [2.75, 3.05) is 14.2 Å². The molecule has 0 spiro atoms. The van der Waals surface area contributed by atoms with Crippen LogP contribution in [0.25, 0.3) is 10.8 Å². The Bertz CT molecular complexity index is 983. The molecule has 0 unspecified atom stereocenters. The number of amides is 1. The van der Waals surface area contributed by atoms with Crippen LogP contribution in [0.2, 0.25) is 0 Å². The quantitative estimate of drug-likeness (QED) is 0.546. The van der Waals surface area contributed by atoms with Crippen LogP contribution in [-0.4, -0.2) is 31.4 Å². The molecule has 2 N–H and O–H groups in total. The molecule has 0 saturated carbocycles. The third-order valence-corrected chi connectivity index (χ3v) is 3.93. The summed E-state index contributed by atoms with van der Waals surface area (Å²) in [5, 5.41) is 15.7. The average molecular weight is 350 g/mol. The van der Waals surface area contributed by atoms with E-state index in [-0.39, 0.29) is 11.3 Å². The summed E-state index contributed by atoms with van der Waals surface area (Å²) in [4.78, 5) is 12.3. The number of hydrogen-bond donors (Lipinski definition) is 2. The topological polar surface area (TPSA) is 80.2 Å². The average Bonchev–Trinajstić information content (AvgIpc) is 2.68. The number of benzene rings is 3. The van der Waals surface area contributed by atoms with Crippen molar-refractivity contribution in [2.24, 2.45) is 5.10 Å². The lowest BCUT2D eigenvalue weighted by Gasteiger charge is -2.08. The summed E-state index contributed by atoms with van der Waals surface area (Å²) in [6, 6.07) is 15.9. The first-order valence-corrected chi connectivity index (χ1v) is 7.90. The summed E-state index contributed by atoms with van der Waals surface area (Å²) >= 11 is 0. The van der Waals surface area contributed by atoms with E-state index in [1.807, 2.05) is 12.1 Å². The molecule has 0 saturated heterocycles. The zero-order chi connectivity index (χ0) is 18.5. The number of ether oxygens (including phenoxy) is 2. The van der Waals surface area contributed by atoms with E-state index < -0.39 is 5.91 Å². The number of rotatable bonds is 5. The van der Waals surface area contributed by atoms with Crippen LogP contribution in [0, 0.1) is 0 Å². The second-order valence-electron chi connectivity index (χ2n) is 5.50. The van der Waals surface area contributed by atoms with Crippen molar-refractivity contribution >= 4 is 22.9 Å². The zero-order valence-electron chi connectivity index (χ0n) is 14.4. The van der Waals surface area contributed by atoms with E-state index in [4.69, 9.17) is 9.47 Å². The van der Waals surface area contributed by atoms with Crippen molar-refractivity contribution in [1.82, 2.24) is 5.43 Å². The number of aromatic hydroxyl groups is 1. The SMILES string of the molecule is COc1ccc(C=NNC(=O)c2ccc3ccccc3c2O)cc1OC. The predicted molar refractivity (Wildman–Crippen MR) is 100 cm³/mol. The summed E-state index contributed by atoms with van der Waals surface area (Å²) in [7, 11) is 3.10. The lowest BCUT2D eigenvalue weighted by Crippen LogP contribution is -2.17. The zero-order valence-corrected chi connectivity index (χ0v) is 14.4. The molecule has 0 radical (unpaired) electrons. The van der Waals surface area contributed by atoms with Gasteiger partial charge in [0, 0.05) is 5.39 Å². The minimum Gasteiger partial charge on any atom is -0.506 e. The molecule has 0 aliphatic carbocycles. The Hall–Kier alpha value is -3.54. The fourth-order valence-electron chi connectivity index (χ4n) is 2.60. The second-order valence-corrected chi connectivity index (χ2v) is 5.50. The molecule has 6 heteroatoms. The Morgan fingerprint density at radius 1 is 1.04 bits per heavy atom. The third-order valence-electron chi connectivity index (χ3n) is 3.93. The van der Waals surface area contributed by atoms with E-state index in [0.717, 1.165) is 10.9 Å². The molecule has 0 aromatic heterocycles. The maximum absolute atomic E-state index is 12.3. The molecule has 132 valence electrons. The molecular formula is C20H18N2O4. The molecule has 0 aliphatic heterocycles. The number of methoxy groups -OCH3 is 2. The van der Waals surface area contributed by atoms with Crippen LogP contribution in [0.3, 0.4) is 0 Å². The Morgan fingerprint density at radius 3 is 2.58 bits per heavy atom. The summed E-state index contributed by atoms with van der Waals surface area (Å²) in [5.41, 5.74) is 3.31. The molecule has 0 bridgehead atoms. The molecule has 1 amide bonds.